The third-order valence-electron chi connectivity index (χ3n) is 11.2. The fraction of sp³-hybridized carbons (Fsp3) is 0.936. The molecule has 0 rings (SSSR count). The van der Waals surface area contributed by atoms with Gasteiger partial charge in [-0.15, -0.1) is 0 Å². The van der Waals surface area contributed by atoms with Crippen LogP contribution in [0, 0.1) is 0 Å². The molecule has 4 atom stereocenters. The standard InChI is InChI=1S/C47H93NO5/c1-3-5-7-9-11-12-13-14-15-16-17-18-19-20-21-22-23-24-25-26-27-28-29-30-31-32-33-35-37-39-41-45(51)47(53)48-43(42-49)46(52)44(50)40-38-36-34-10-8-6-4-2/h10,34,43-46,49-52H,3-9,11-33,35-42H2,1-2H3,(H,48,53)/b34-10+. The van der Waals surface area contributed by atoms with Gasteiger partial charge >= 0.3 is 0 Å². The molecule has 6 heteroatoms. The summed E-state index contributed by atoms with van der Waals surface area (Å²) >= 11 is 0. The molecule has 0 radical (unpaired) electrons. The van der Waals surface area contributed by atoms with Crippen molar-refractivity contribution in [3.63, 3.8) is 0 Å². The van der Waals surface area contributed by atoms with Gasteiger partial charge in [-0.3, -0.25) is 4.79 Å². The van der Waals surface area contributed by atoms with Crippen molar-refractivity contribution in [2.24, 2.45) is 0 Å². The van der Waals surface area contributed by atoms with Crippen molar-refractivity contribution >= 4 is 5.91 Å². The second-order valence-electron chi connectivity index (χ2n) is 16.5. The lowest BCUT2D eigenvalue weighted by Crippen LogP contribution is -2.53. The van der Waals surface area contributed by atoms with E-state index in [-0.39, 0.29) is 0 Å². The van der Waals surface area contributed by atoms with Crippen LogP contribution in [0.4, 0.5) is 0 Å². The van der Waals surface area contributed by atoms with Crippen molar-refractivity contribution in [2.75, 3.05) is 6.61 Å². The van der Waals surface area contributed by atoms with Crippen LogP contribution in [0.15, 0.2) is 12.2 Å². The molecule has 0 heterocycles. The Kier molecular flexibility index (Phi) is 41.4. The fourth-order valence-electron chi connectivity index (χ4n) is 7.45. The second kappa shape index (κ2) is 42.2. The van der Waals surface area contributed by atoms with Gasteiger partial charge in [0.25, 0.3) is 0 Å². The number of aliphatic hydroxyl groups excluding tert-OH is 4. The summed E-state index contributed by atoms with van der Waals surface area (Å²) in [4.78, 5) is 12.4. The van der Waals surface area contributed by atoms with Crippen molar-refractivity contribution in [2.45, 2.75) is 276 Å². The van der Waals surface area contributed by atoms with Crippen molar-refractivity contribution in [3.05, 3.63) is 12.2 Å². The van der Waals surface area contributed by atoms with Crippen LogP contribution in [0.2, 0.25) is 0 Å². The summed E-state index contributed by atoms with van der Waals surface area (Å²) < 4.78 is 0. The smallest absolute Gasteiger partial charge is 0.249 e. The zero-order valence-electron chi connectivity index (χ0n) is 35.5. The van der Waals surface area contributed by atoms with Crippen LogP contribution >= 0.6 is 0 Å². The van der Waals surface area contributed by atoms with Crippen LogP contribution < -0.4 is 5.32 Å². The molecular formula is C47H93NO5. The van der Waals surface area contributed by atoms with Crippen LogP contribution in [0.1, 0.15) is 251 Å². The van der Waals surface area contributed by atoms with Gasteiger partial charge in [-0.05, 0) is 32.1 Å². The molecule has 4 unspecified atom stereocenters. The van der Waals surface area contributed by atoms with Crippen LogP contribution in [0.3, 0.4) is 0 Å². The van der Waals surface area contributed by atoms with Crippen molar-refractivity contribution in [1.29, 1.82) is 0 Å². The fourth-order valence-corrected chi connectivity index (χ4v) is 7.45. The van der Waals surface area contributed by atoms with Crippen LogP contribution in [0.5, 0.6) is 0 Å². The Morgan fingerprint density at radius 3 is 1.11 bits per heavy atom. The third-order valence-corrected chi connectivity index (χ3v) is 11.2. The first-order chi connectivity index (χ1) is 26.0. The molecule has 0 saturated heterocycles. The van der Waals surface area contributed by atoms with E-state index in [1.54, 1.807) is 0 Å². The van der Waals surface area contributed by atoms with E-state index in [4.69, 9.17) is 0 Å². The molecule has 0 aliphatic carbocycles. The summed E-state index contributed by atoms with van der Waals surface area (Å²) in [5.41, 5.74) is 0. The van der Waals surface area contributed by atoms with E-state index in [0.717, 1.165) is 44.9 Å². The molecule has 0 spiro atoms. The van der Waals surface area contributed by atoms with E-state index < -0.39 is 36.9 Å². The number of nitrogens with one attached hydrogen (secondary N) is 1. The summed E-state index contributed by atoms with van der Waals surface area (Å²) in [6.07, 6.45) is 47.4. The Morgan fingerprint density at radius 2 is 0.774 bits per heavy atom. The van der Waals surface area contributed by atoms with Crippen LogP contribution in [-0.4, -0.2) is 57.3 Å². The van der Waals surface area contributed by atoms with Gasteiger partial charge < -0.3 is 25.7 Å². The summed E-state index contributed by atoms with van der Waals surface area (Å²) in [5.74, 6) is -0.593. The van der Waals surface area contributed by atoms with Gasteiger partial charge in [0.15, 0.2) is 0 Å². The molecule has 0 aliphatic heterocycles. The summed E-state index contributed by atoms with van der Waals surface area (Å²) in [5, 5.41) is 43.3. The first-order valence-corrected chi connectivity index (χ1v) is 23.6. The number of rotatable bonds is 43. The number of allylic oxidation sites excluding steroid dienone is 2. The number of aliphatic hydroxyl groups is 4. The minimum atomic E-state index is -1.27. The Balaban J connectivity index is 3.49. The van der Waals surface area contributed by atoms with Gasteiger partial charge in [0.05, 0.1) is 18.8 Å². The maximum absolute atomic E-state index is 12.4. The van der Waals surface area contributed by atoms with Crippen LogP contribution in [-0.2, 0) is 4.79 Å². The largest absolute Gasteiger partial charge is 0.394 e. The maximum Gasteiger partial charge on any atom is 0.249 e. The molecule has 5 N–H and O–H groups in total. The number of carbonyl (C=O) groups excluding carboxylic acids is 1. The second-order valence-corrected chi connectivity index (χ2v) is 16.5. The van der Waals surface area contributed by atoms with Gasteiger partial charge in [0.1, 0.15) is 12.2 Å². The zero-order chi connectivity index (χ0) is 38.9. The number of unbranched alkanes of at least 4 members (excludes halogenated alkanes) is 32. The molecule has 0 bridgehead atoms. The molecule has 1 amide bonds. The predicted octanol–water partition coefficient (Wildman–Crippen LogP) is 12.6. The molecule has 0 saturated carbocycles. The molecule has 0 aromatic rings. The Bertz CT molecular complexity index is 761. The molecule has 0 aromatic heterocycles. The van der Waals surface area contributed by atoms with E-state index in [2.05, 4.69) is 31.3 Å². The molecule has 6 nitrogen and oxygen atoms in total. The molecule has 0 aromatic carbocycles. The monoisotopic (exact) mass is 752 g/mol. The lowest BCUT2D eigenvalue weighted by atomic mass is 10.00. The number of hydrogen-bond acceptors (Lipinski definition) is 5. The first kappa shape index (κ1) is 52.0. The Hall–Kier alpha value is -0.950. The highest BCUT2D eigenvalue weighted by Crippen LogP contribution is 2.17. The molecular weight excluding hydrogens is 659 g/mol. The van der Waals surface area contributed by atoms with E-state index in [1.807, 2.05) is 0 Å². The third kappa shape index (κ3) is 36.4. The SMILES string of the molecule is CCCC/C=C/CCCC(O)C(O)C(CO)NC(=O)C(O)CCCCCCCCCCCCCCCCCCCCCCCCCCCCCCCC. The average Bonchev–Trinajstić information content (AvgIpc) is 3.16. The van der Waals surface area contributed by atoms with Gasteiger partial charge in [-0.25, -0.2) is 0 Å². The quantitative estimate of drug-likeness (QED) is 0.0315. The lowest BCUT2D eigenvalue weighted by molar-refractivity contribution is -0.132. The topological polar surface area (TPSA) is 110 Å². The number of carbonyl (C=O) groups is 1. The number of hydrogen-bond donors (Lipinski definition) is 5. The zero-order valence-corrected chi connectivity index (χ0v) is 35.5. The normalized spacial score (nSPS) is 14.2. The van der Waals surface area contributed by atoms with Crippen molar-refractivity contribution < 1.29 is 25.2 Å². The van der Waals surface area contributed by atoms with Crippen molar-refractivity contribution in [3.8, 4) is 0 Å². The summed E-state index contributed by atoms with van der Waals surface area (Å²) in [6.45, 7) is 3.96. The minimum absolute atomic E-state index is 0.368. The highest BCUT2D eigenvalue weighted by Gasteiger charge is 2.28. The lowest BCUT2D eigenvalue weighted by Gasteiger charge is -2.27. The van der Waals surface area contributed by atoms with Crippen LogP contribution in [0.25, 0.3) is 0 Å². The number of amides is 1. The minimum Gasteiger partial charge on any atom is -0.394 e. The first-order valence-electron chi connectivity index (χ1n) is 23.6. The molecule has 316 valence electrons. The van der Waals surface area contributed by atoms with E-state index in [1.165, 1.54) is 180 Å². The van der Waals surface area contributed by atoms with E-state index >= 15 is 0 Å². The Morgan fingerprint density at radius 1 is 0.453 bits per heavy atom. The van der Waals surface area contributed by atoms with Gasteiger partial charge in [-0.1, -0.05) is 231 Å². The highest BCUT2D eigenvalue weighted by molar-refractivity contribution is 5.80. The maximum atomic E-state index is 12.4. The van der Waals surface area contributed by atoms with Gasteiger partial charge in [0.2, 0.25) is 5.91 Å². The Labute approximate surface area is 330 Å². The summed E-state index contributed by atoms with van der Waals surface area (Å²) in [7, 11) is 0. The molecule has 53 heavy (non-hydrogen) atoms. The van der Waals surface area contributed by atoms with Gasteiger partial charge in [-0.2, -0.15) is 0 Å². The highest BCUT2D eigenvalue weighted by atomic mass is 16.3. The average molecular weight is 752 g/mol. The summed E-state index contributed by atoms with van der Waals surface area (Å²) in [6, 6.07) is -0.995. The van der Waals surface area contributed by atoms with Gasteiger partial charge in [0, 0.05) is 0 Å². The van der Waals surface area contributed by atoms with E-state index in [0.29, 0.717) is 12.8 Å². The molecule has 0 aliphatic rings. The van der Waals surface area contributed by atoms with Crippen molar-refractivity contribution in [1.82, 2.24) is 5.32 Å². The predicted molar refractivity (Wildman–Crippen MR) is 228 cm³/mol. The molecule has 0 fully saturated rings. The van der Waals surface area contributed by atoms with E-state index in [9.17, 15) is 25.2 Å².